The number of para-hydroxylation sites is 2. The summed E-state index contributed by atoms with van der Waals surface area (Å²) in [6, 6.07) is 73.3. The number of aromatic amines is 2. The van der Waals surface area contributed by atoms with Gasteiger partial charge < -0.3 is 28.3 Å². The quantitative estimate of drug-likeness (QED) is 0.111. The molecule has 8 heteroatoms. The molecule has 0 amide bonds. The summed E-state index contributed by atoms with van der Waals surface area (Å²) in [7, 11) is 3.08. The highest BCUT2D eigenvalue weighted by Crippen LogP contribution is 2.48. The van der Waals surface area contributed by atoms with Crippen molar-refractivity contribution in [2.45, 2.75) is 51.4 Å². The van der Waals surface area contributed by atoms with E-state index in [0.29, 0.717) is 10.8 Å². The lowest BCUT2D eigenvalue weighted by molar-refractivity contribution is 0.291. The molecule has 4 aromatic heterocycles. The average molecular weight is 1000 g/mol. The predicted octanol–water partition coefficient (Wildman–Crippen LogP) is 16.8. The number of benzene rings is 8. The van der Waals surface area contributed by atoms with Crippen LogP contribution in [0.1, 0.15) is 85.0 Å². The Bertz CT molecular complexity index is 3650. The van der Waals surface area contributed by atoms with Crippen molar-refractivity contribution in [3.63, 3.8) is 0 Å². The normalized spacial score (nSPS) is 11.2. The fraction of sp³-hybridized carbons (Fsp3) is 0.147. The summed E-state index contributed by atoms with van der Waals surface area (Å²) in [6.07, 6.45) is 5.54. The minimum atomic E-state index is -0.412. The van der Waals surface area contributed by atoms with E-state index in [1.807, 2.05) is 84.9 Å². The lowest BCUT2D eigenvalue weighted by Crippen LogP contribution is -2.07. The molecule has 0 aliphatic carbocycles. The number of rotatable bonds is 13. The first kappa shape index (κ1) is 50.4. The molecule has 12 rings (SSSR count). The van der Waals surface area contributed by atoms with Gasteiger partial charge in [0.05, 0.1) is 36.1 Å². The molecule has 0 bridgehead atoms. The Morgan fingerprint density at radius 3 is 0.934 bits per heavy atom. The molecule has 8 aromatic carbocycles. The Labute approximate surface area is 442 Å². The number of H-pyrrole nitrogens is 2. The summed E-state index contributed by atoms with van der Waals surface area (Å²) in [5, 5.41) is 4.72. The number of nitrogens with one attached hydrogen (secondary N) is 2. The first-order valence-electron chi connectivity index (χ1n) is 26.0. The molecule has 12 aromatic rings. The van der Waals surface area contributed by atoms with Crippen LogP contribution in [0.25, 0.3) is 65.6 Å². The summed E-state index contributed by atoms with van der Waals surface area (Å²) >= 11 is 0. The van der Waals surface area contributed by atoms with Gasteiger partial charge in [-0.3, -0.25) is 0 Å². The van der Waals surface area contributed by atoms with Crippen molar-refractivity contribution in [1.82, 2.24) is 9.97 Å². The highest BCUT2D eigenvalue weighted by Gasteiger charge is 2.30. The van der Waals surface area contributed by atoms with E-state index in [2.05, 4.69) is 145 Å². The number of ether oxygens (including phenoxy) is 2. The molecular formula is C68H60N2O6. The van der Waals surface area contributed by atoms with Crippen LogP contribution < -0.4 is 20.7 Å². The van der Waals surface area contributed by atoms with E-state index < -0.39 is 11.3 Å². The van der Waals surface area contributed by atoms with Crippen molar-refractivity contribution in [3.05, 3.63) is 273 Å². The Morgan fingerprint density at radius 2 is 0.632 bits per heavy atom. The fourth-order valence-corrected chi connectivity index (χ4v) is 10.6. The summed E-state index contributed by atoms with van der Waals surface area (Å²) in [6.45, 7) is 4.46. The number of methoxy groups -OCH3 is 2. The van der Waals surface area contributed by atoms with E-state index in [0.717, 1.165) is 88.5 Å². The minimum absolute atomic E-state index is 0.0739. The number of hydrogen-bond acceptors (Lipinski definition) is 6. The van der Waals surface area contributed by atoms with Gasteiger partial charge in [0.2, 0.25) is 0 Å². The second-order valence-corrected chi connectivity index (χ2v) is 18.7. The SMILES string of the molecule is CCCCCC.COc1oc(=O)c2ccccc2c1-c1c(C(c2ccccc2)c2ccccc2)[nH]c2ccccc12.COc1oc(=O)c2ccccc2c1-c1c(C(c2ccccc2)c2ccccc2)[nH]c2ccccc12. The van der Waals surface area contributed by atoms with Gasteiger partial charge in [-0.2, -0.15) is 0 Å². The van der Waals surface area contributed by atoms with E-state index in [1.54, 1.807) is 12.1 Å². The van der Waals surface area contributed by atoms with Crippen LogP contribution in [0.3, 0.4) is 0 Å². The maximum Gasteiger partial charge on any atom is 0.346 e. The van der Waals surface area contributed by atoms with Gasteiger partial charge in [0, 0.05) is 66.9 Å². The van der Waals surface area contributed by atoms with Crippen LogP contribution in [0.5, 0.6) is 11.9 Å². The molecule has 0 fully saturated rings. The molecule has 4 heterocycles. The zero-order valence-electron chi connectivity index (χ0n) is 43.2. The van der Waals surface area contributed by atoms with Crippen LogP contribution in [-0.4, -0.2) is 24.2 Å². The lowest BCUT2D eigenvalue weighted by atomic mass is 9.84. The Hall–Kier alpha value is -9.14. The second kappa shape index (κ2) is 23.4. The number of fused-ring (bicyclic) bond motifs is 4. The van der Waals surface area contributed by atoms with Gasteiger partial charge in [-0.15, -0.1) is 0 Å². The van der Waals surface area contributed by atoms with Crippen LogP contribution in [-0.2, 0) is 0 Å². The highest BCUT2D eigenvalue weighted by molar-refractivity contribution is 6.09. The first-order valence-corrected chi connectivity index (χ1v) is 26.0. The van der Waals surface area contributed by atoms with Gasteiger partial charge in [-0.1, -0.05) is 234 Å². The van der Waals surface area contributed by atoms with Gasteiger partial charge in [0.1, 0.15) is 0 Å². The van der Waals surface area contributed by atoms with Crippen LogP contribution in [0.15, 0.2) is 237 Å². The van der Waals surface area contributed by atoms with E-state index in [9.17, 15) is 9.59 Å². The smallest absolute Gasteiger partial charge is 0.346 e. The Morgan fingerprint density at radius 1 is 0.355 bits per heavy atom. The summed E-state index contributed by atoms with van der Waals surface area (Å²) in [5.41, 5.74) is 11.3. The van der Waals surface area contributed by atoms with Crippen molar-refractivity contribution in [1.29, 1.82) is 0 Å². The largest absolute Gasteiger partial charge is 0.468 e. The van der Waals surface area contributed by atoms with Gasteiger partial charge in [-0.25, -0.2) is 9.59 Å². The minimum Gasteiger partial charge on any atom is -0.468 e. The molecule has 0 aliphatic rings. The van der Waals surface area contributed by atoms with E-state index >= 15 is 0 Å². The maximum atomic E-state index is 12.8. The third kappa shape index (κ3) is 10.1. The zero-order chi connectivity index (χ0) is 52.4. The van der Waals surface area contributed by atoms with Crippen molar-refractivity contribution in [2.24, 2.45) is 0 Å². The monoisotopic (exact) mass is 1000 g/mol. The van der Waals surface area contributed by atoms with E-state index in [1.165, 1.54) is 39.9 Å². The second-order valence-electron chi connectivity index (χ2n) is 18.7. The Kier molecular flexibility index (Phi) is 15.5. The number of hydrogen-bond donors (Lipinski definition) is 2. The summed E-state index contributed by atoms with van der Waals surface area (Å²) < 4.78 is 22.7. The van der Waals surface area contributed by atoms with Gasteiger partial charge in [0.15, 0.2) is 0 Å². The zero-order valence-corrected chi connectivity index (χ0v) is 43.2. The number of aromatic nitrogens is 2. The van der Waals surface area contributed by atoms with Crippen molar-refractivity contribution < 1.29 is 18.3 Å². The third-order valence-electron chi connectivity index (χ3n) is 14.0. The molecule has 378 valence electrons. The van der Waals surface area contributed by atoms with Crippen molar-refractivity contribution in [3.8, 4) is 34.1 Å². The van der Waals surface area contributed by atoms with Crippen molar-refractivity contribution in [2.75, 3.05) is 14.2 Å². The maximum absolute atomic E-state index is 12.8. The fourth-order valence-electron chi connectivity index (χ4n) is 10.6. The molecule has 8 nitrogen and oxygen atoms in total. The van der Waals surface area contributed by atoms with Gasteiger partial charge in [-0.05, 0) is 46.5 Å². The summed E-state index contributed by atoms with van der Waals surface area (Å²) in [4.78, 5) is 32.9. The molecule has 0 atom stereocenters. The number of unbranched alkanes of at least 4 members (excludes halogenated alkanes) is 3. The lowest BCUT2D eigenvalue weighted by Gasteiger charge is -2.20. The van der Waals surface area contributed by atoms with Crippen LogP contribution >= 0.6 is 0 Å². The molecule has 0 unspecified atom stereocenters. The molecule has 0 saturated heterocycles. The topological polar surface area (TPSA) is 110 Å². The molecule has 2 N–H and O–H groups in total. The van der Waals surface area contributed by atoms with Gasteiger partial charge in [0.25, 0.3) is 11.9 Å². The standard InChI is InChI=1S/2C31H23NO3.C6H14/c2*1-34-31-28(22-16-8-9-17-23(22)30(33)35-31)27-24-18-10-11-19-25(24)32-29(27)26(20-12-4-2-5-13-20)21-14-6-3-7-15-21;1-3-5-6-4-2/h2*2-19,26,32H,1H3;3-6H2,1-2H3. The Balaban J connectivity index is 0.000000156. The van der Waals surface area contributed by atoms with Crippen LogP contribution in [0.4, 0.5) is 0 Å². The molecule has 0 spiro atoms. The van der Waals surface area contributed by atoms with E-state index in [4.69, 9.17) is 18.3 Å². The van der Waals surface area contributed by atoms with E-state index in [-0.39, 0.29) is 23.7 Å². The molecular weight excluding hydrogens is 941 g/mol. The van der Waals surface area contributed by atoms with Crippen LogP contribution in [0.2, 0.25) is 0 Å². The summed E-state index contributed by atoms with van der Waals surface area (Å²) in [5.74, 6) is 0.268. The van der Waals surface area contributed by atoms with Gasteiger partial charge >= 0.3 is 11.3 Å². The molecule has 0 saturated carbocycles. The van der Waals surface area contributed by atoms with Crippen LogP contribution in [0, 0.1) is 0 Å². The highest BCUT2D eigenvalue weighted by atomic mass is 16.6. The molecule has 76 heavy (non-hydrogen) atoms. The van der Waals surface area contributed by atoms with Crippen molar-refractivity contribution >= 4 is 43.4 Å². The molecule has 0 radical (unpaired) electrons. The first-order chi connectivity index (χ1) is 37.4. The molecule has 0 aliphatic heterocycles. The third-order valence-corrected chi connectivity index (χ3v) is 14.0. The average Bonchev–Trinajstić information content (AvgIpc) is 4.14. The predicted molar refractivity (Wildman–Crippen MR) is 310 cm³/mol.